The van der Waals surface area contributed by atoms with E-state index in [0.29, 0.717) is 24.0 Å². The Labute approximate surface area is 320 Å². The van der Waals surface area contributed by atoms with Crippen LogP contribution in [0.3, 0.4) is 0 Å². The first-order valence-electron chi connectivity index (χ1n) is 18.2. The van der Waals surface area contributed by atoms with Gasteiger partial charge in [-0.1, -0.05) is 70.2 Å². The minimum absolute atomic E-state index is 0.0331. The number of aromatic hydroxyl groups is 1. The Balaban J connectivity index is 2.29. The van der Waals surface area contributed by atoms with Gasteiger partial charge >= 0.3 is 11.9 Å². The van der Waals surface area contributed by atoms with Crippen LogP contribution in [0.1, 0.15) is 64.5 Å². The van der Waals surface area contributed by atoms with Crippen LogP contribution in [-0.2, 0) is 46.4 Å². The molecule has 0 bridgehead atoms. The summed E-state index contributed by atoms with van der Waals surface area (Å²) in [6.45, 7) is 7.06. The van der Waals surface area contributed by atoms with Crippen LogP contribution in [0.25, 0.3) is 0 Å². The van der Waals surface area contributed by atoms with Crippen molar-refractivity contribution in [2.24, 2.45) is 23.3 Å². The molecule has 0 aromatic heterocycles. The zero-order valence-corrected chi connectivity index (χ0v) is 31.6. The van der Waals surface area contributed by atoms with Crippen molar-refractivity contribution in [3.8, 4) is 5.75 Å². The van der Waals surface area contributed by atoms with Crippen molar-refractivity contribution in [2.75, 3.05) is 6.54 Å². The SMILES string of the molecule is CC(C)[C@H](NC(=O)[C@@H](NC(=O)[C@@H](N)Cc1ccc(O)cc1)C(C)C)C(=O)N[C@@H](Cc1ccccc1)C(=O)N[C@@H](CCCCN)C(=O)N[C@@H](CC(=O)O)C(=O)O. The highest BCUT2D eigenvalue weighted by Crippen LogP contribution is 2.13. The van der Waals surface area contributed by atoms with Gasteiger partial charge in [0, 0.05) is 6.42 Å². The van der Waals surface area contributed by atoms with E-state index in [4.69, 9.17) is 16.6 Å². The van der Waals surface area contributed by atoms with Gasteiger partial charge in [-0.25, -0.2) is 4.79 Å². The average molecular weight is 770 g/mol. The zero-order chi connectivity index (χ0) is 41.2. The number of aliphatic carboxylic acids is 2. The number of carbonyl (C=O) groups excluding carboxylic acids is 5. The minimum Gasteiger partial charge on any atom is -0.508 e. The van der Waals surface area contributed by atoms with Crippen molar-refractivity contribution in [3.63, 3.8) is 0 Å². The van der Waals surface area contributed by atoms with E-state index in [1.165, 1.54) is 12.1 Å². The molecule has 12 N–H and O–H groups in total. The number of carboxylic acids is 2. The molecule has 0 unspecified atom stereocenters. The molecule has 55 heavy (non-hydrogen) atoms. The first-order chi connectivity index (χ1) is 25.9. The lowest BCUT2D eigenvalue weighted by Crippen LogP contribution is -2.61. The highest BCUT2D eigenvalue weighted by atomic mass is 16.4. The lowest BCUT2D eigenvalue weighted by atomic mass is 9.98. The minimum atomic E-state index is -1.76. The Morgan fingerprint density at radius 2 is 1.09 bits per heavy atom. The number of nitrogens with one attached hydrogen (secondary N) is 5. The molecular weight excluding hydrogens is 714 g/mol. The Kier molecular flexibility index (Phi) is 18.8. The van der Waals surface area contributed by atoms with Gasteiger partial charge in [-0.15, -0.1) is 0 Å². The van der Waals surface area contributed by atoms with Crippen LogP contribution in [0.5, 0.6) is 5.75 Å². The van der Waals surface area contributed by atoms with E-state index in [0.717, 1.165) is 0 Å². The van der Waals surface area contributed by atoms with Crippen LogP contribution in [0.15, 0.2) is 54.6 Å². The van der Waals surface area contributed by atoms with Crippen molar-refractivity contribution >= 4 is 41.5 Å². The molecule has 0 heterocycles. The number of unbranched alkanes of at least 4 members (excludes halogenated alkanes) is 1. The lowest BCUT2D eigenvalue weighted by Gasteiger charge is -2.29. The number of hydrogen-bond acceptors (Lipinski definition) is 10. The second-order valence-electron chi connectivity index (χ2n) is 14.0. The Bertz CT molecular complexity index is 1600. The summed E-state index contributed by atoms with van der Waals surface area (Å²) in [7, 11) is 0. The molecule has 0 spiro atoms. The fourth-order valence-corrected chi connectivity index (χ4v) is 5.55. The van der Waals surface area contributed by atoms with Crippen molar-refractivity contribution in [2.45, 2.75) is 102 Å². The van der Waals surface area contributed by atoms with E-state index in [1.54, 1.807) is 70.2 Å². The molecule has 5 amide bonds. The Hall–Kier alpha value is -5.55. The number of amides is 5. The summed E-state index contributed by atoms with van der Waals surface area (Å²) in [5, 5.41) is 40.9. The Morgan fingerprint density at radius 3 is 1.62 bits per heavy atom. The first kappa shape index (κ1) is 45.6. The molecule has 0 saturated carbocycles. The molecule has 302 valence electrons. The summed E-state index contributed by atoms with van der Waals surface area (Å²) in [5.74, 6) is -7.60. The molecule has 0 aliphatic rings. The van der Waals surface area contributed by atoms with Crippen molar-refractivity contribution in [3.05, 3.63) is 65.7 Å². The predicted molar refractivity (Wildman–Crippen MR) is 202 cm³/mol. The van der Waals surface area contributed by atoms with E-state index in [1.807, 2.05) is 0 Å². The standard InChI is InChI=1S/C38H55N7O10/c1-21(2)31(45-37(53)32(22(3)4)44-33(49)26(40)18-24-13-15-25(46)16-14-24)36(52)42-28(19-23-10-6-5-7-11-23)35(51)41-27(12-8-9-17-39)34(50)43-29(38(54)55)20-30(47)48/h5-7,10-11,13-16,21-22,26-29,31-32,46H,8-9,12,17-20,39-40H2,1-4H3,(H,41,51)(H,42,52)(H,43,50)(H,44,49)(H,45,53)(H,47,48)(H,54,55)/t26-,27-,28-,29-,31-,32-/m0/s1. The van der Waals surface area contributed by atoms with Gasteiger partial charge in [0.2, 0.25) is 29.5 Å². The topological polar surface area (TPSA) is 292 Å². The number of benzene rings is 2. The number of phenolic OH excluding ortho intramolecular Hbond substituents is 1. The smallest absolute Gasteiger partial charge is 0.326 e. The second kappa shape index (κ2) is 22.6. The maximum absolute atomic E-state index is 13.9. The largest absolute Gasteiger partial charge is 0.508 e. The maximum Gasteiger partial charge on any atom is 0.326 e. The van der Waals surface area contributed by atoms with Gasteiger partial charge in [-0.05, 0) is 67.3 Å². The van der Waals surface area contributed by atoms with E-state index < -0.39 is 96.0 Å². The number of hydrogen-bond donors (Lipinski definition) is 10. The summed E-state index contributed by atoms with van der Waals surface area (Å²) < 4.78 is 0. The fourth-order valence-electron chi connectivity index (χ4n) is 5.55. The molecule has 0 radical (unpaired) electrons. The lowest BCUT2D eigenvalue weighted by molar-refractivity contribution is -0.147. The number of rotatable bonds is 23. The van der Waals surface area contributed by atoms with Gasteiger partial charge in [-0.3, -0.25) is 28.8 Å². The van der Waals surface area contributed by atoms with Crippen LogP contribution >= 0.6 is 0 Å². The molecule has 2 aromatic carbocycles. The van der Waals surface area contributed by atoms with Gasteiger partial charge < -0.3 is 53.4 Å². The molecule has 17 heteroatoms. The number of phenols is 1. The van der Waals surface area contributed by atoms with Gasteiger partial charge in [0.15, 0.2) is 0 Å². The van der Waals surface area contributed by atoms with E-state index in [-0.39, 0.29) is 31.6 Å². The normalized spacial score (nSPS) is 14.4. The molecule has 0 fully saturated rings. The fraction of sp³-hybridized carbons (Fsp3) is 0.500. The third kappa shape index (κ3) is 15.8. The third-order valence-corrected chi connectivity index (χ3v) is 8.71. The summed E-state index contributed by atoms with van der Waals surface area (Å²) in [6, 6.07) is 7.23. The van der Waals surface area contributed by atoms with Crippen LogP contribution in [-0.4, -0.2) is 99.6 Å². The first-order valence-corrected chi connectivity index (χ1v) is 18.2. The van der Waals surface area contributed by atoms with E-state index >= 15 is 0 Å². The predicted octanol–water partition coefficient (Wildman–Crippen LogP) is -0.0710. The van der Waals surface area contributed by atoms with Crippen molar-refractivity contribution < 1.29 is 48.9 Å². The van der Waals surface area contributed by atoms with E-state index in [2.05, 4.69) is 26.6 Å². The van der Waals surface area contributed by atoms with Crippen LogP contribution in [0.2, 0.25) is 0 Å². The maximum atomic E-state index is 13.9. The zero-order valence-electron chi connectivity index (χ0n) is 31.6. The molecule has 0 aliphatic heterocycles. The highest BCUT2D eigenvalue weighted by molar-refractivity contribution is 5.97. The van der Waals surface area contributed by atoms with E-state index in [9.17, 15) is 43.8 Å². The van der Waals surface area contributed by atoms with Gasteiger partial charge in [0.05, 0.1) is 12.5 Å². The number of carboxylic acid groups (broad SMARTS) is 2. The molecule has 0 saturated heterocycles. The molecule has 0 aliphatic carbocycles. The molecule has 17 nitrogen and oxygen atoms in total. The van der Waals surface area contributed by atoms with Crippen LogP contribution < -0.4 is 38.1 Å². The monoisotopic (exact) mass is 769 g/mol. The summed E-state index contributed by atoms with van der Waals surface area (Å²) in [4.78, 5) is 90.5. The summed E-state index contributed by atoms with van der Waals surface area (Å²) >= 11 is 0. The number of carbonyl (C=O) groups is 7. The number of nitrogens with two attached hydrogens (primary N) is 2. The summed E-state index contributed by atoms with van der Waals surface area (Å²) in [5.41, 5.74) is 13.1. The van der Waals surface area contributed by atoms with Gasteiger partial charge in [0.1, 0.15) is 36.0 Å². The van der Waals surface area contributed by atoms with Gasteiger partial charge in [0.25, 0.3) is 0 Å². The Morgan fingerprint density at radius 1 is 0.600 bits per heavy atom. The van der Waals surface area contributed by atoms with Gasteiger partial charge in [-0.2, -0.15) is 0 Å². The molecule has 6 atom stereocenters. The molecular formula is C38H55N7O10. The van der Waals surface area contributed by atoms with Crippen LogP contribution in [0, 0.1) is 11.8 Å². The van der Waals surface area contributed by atoms with Crippen molar-refractivity contribution in [1.82, 2.24) is 26.6 Å². The molecule has 2 rings (SSSR count). The second-order valence-corrected chi connectivity index (χ2v) is 14.0. The quantitative estimate of drug-likeness (QED) is 0.0665. The third-order valence-electron chi connectivity index (χ3n) is 8.71. The molecule has 2 aromatic rings. The van der Waals surface area contributed by atoms with Crippen molar-refractivity contribution in [1.29, 1.82) is 0 Å². The summed E-state index contributed by atoms with van der Waals surface area (Å²) in [6.07, 6.45) is 0.0730. The average Bonchev–Trinajstić information content (AvgIpc) is 3.12. The highest BCUT2D eigenvalue weighted by Gasteiger charge is 2.35. The van der Waals surface area contributed by atoms with Crippen LogP contribution in [0.4, 0.5) is 0 Å².